The van der Waals surface area contributed by atoms with Gasteiger partial charge in [-0.25, -0.2) is 0 Å². The summed E-state index contributed by atoms with van der Waals surface area (Å²) in [5.41, 5.74) is 2.87. The van der Waals surface area contributed by atoms with Gasteiger partial charge in [0, 0.05) is 28.4 Å². The third-order valence-corrected chi connectivity index (χ3v) is 5.69. The summed E-state index contributed by atoms with van der Waals surface area (Å²) >= 11 is 0. The van der Waals surface area contributed by atoms with Gasteiger partial charge in [0.2, 0.25) is 0 Å². The van der Waals surface area contributed by atoms with Crippen LogP contribution in [0.4, 0.5) is 5.69 Å². The normalized spacial score (nSPS) is 18.4. The molecule has 0 saturated heterocycles. The lowest BCUT2D eigenvalue weighted by Gasteiger charge is -2.30. The first-order valence-corrected chi connectivity index (χ1v) is 9.25. The van der Waals surface area contributed by atoms with Gasteiger partial charge in [-0.05, 0) is 31.7 Å². The van der Waals surface area contributed by atoms with Gasteiger partial charge in [0.05, 0.1) is 5.56 Å². The maximum absolute atomic E-state index is 13.0. The molecule has 128 valence electrons. The molecule has 2 aromatic carbocycles. The van der Waals surface area contributed by atoms with Gasteiger partial charge in [-0.3, -0.25) is 9.59 Å². The van der Waals surface area contributed by atoms with Crippen molar-refractivity contribution >= 4 is 17.3 Å². The Morgan fingerprint density at radius 2 is 1.48 bits per heavy atom. The summed E-state index contributed by atoms with van der Waals surface area (Å²) in [6, 6.07) is 13.0. The van der Waals surface area contributed by atoms with Crippen molar-refractivity contribution in [3.05, 3.63) is 64.7 Å². The predicted molar refractivity (Wildman–Crippen MR) is 99.4 cm³/mol. The standard InChI is InChI=1S/C22H23NO2/c1-14(15-8-3-2-4-9-15)23-19-13-7-12-18-20(19)22(25)17-11-6-5-10-16(17)21(18)24/h5-7,10-15,23H,2-4,8-9H2,1H3/t14-/m1/s1. The average Bonchev–Trinajstić information content (AvgIpc) is 2.66. The van der Waals surface area contributed by atoms with E-state index in [-0.39, 0.29) is 11.6 Å². The summed E-state index contributed by atoms with van der Waals surface area (Å²) in [5, 5.41) is 3.55. The second-order valence-electron chi connectivity index (χ2n) is 7.26. The summed E-state index contributed by atoms with van der Waals surface area (Å²) in [5.74, 6) is 0.523. The van der Waals surface area contributed by atoms with E-state index in [0.29, 0.717) is 34.2 Å². The number of hydrogen-bond donors (Lipinski definition) is 1. The van der Waals surface area contributed by atoms with Crippen LogP contribution in [-0.2, 0) is 0 Å². The van der Waals surface area contributed by atoms with Gasteiger partial charge >= 0.3 is 0 Å². The van der Waals surface area contributed by atoms with Crippen LogP contribution in [0.2, 0.25) is 0 Å². The Labute approximate surface area is 148 Å². The Morgan fingerprint density at radius 1 is 0.840 bits per heavy atom. The minimum atomic E-state index is -0.0563. The van der Waals surface area contributed by atoms with E-state index in [2.05, 4.69) is 12.2 Å². The van der Waals surface area contributed by atoms with E-state index in [1.807, 2.05) is 24.3 Å². The molecular formula is C22H23NO2. The Balaban J connectivity index is 1.70. The van der Waals surface area contributed by atoms with E-state index in [4.69, 9.17) is 0 Å². The van der Waals surface area contributed by atoms with Gasteiger partial charge in [-0.2, -0.15) is 0 Å². The highest BCUT2D eigenvalue weighted by Gasteiger charge is 2.32. The summed E-state index contributed by atoms with van der Waals surface area (Å²) in [7, 11) is 0. The van der Waals surface area contributed by atoms with E-state index >= 15 is 0 Å². The van der Waals surface area contributed by atoms with Crippen molar-refractivity contribution < 1.29 is 9.59 Å². The van der Waals surface area contributed by atoms with E-state index in [0.717, 1.165) is 5.69 Å². The van der Waals surface area contributed by atoms with Crippen LogP contribution in [0, 0.1) is 5.92 Å². The fourth-order valence-electron chi connectivity index (χ4n) is 4.26. The van der Waals surface area contributed by atoms with Crippen molar-refractivity contribution in [2.75, 3.05) is 5.32 Å². The van der Waals surface area contributed by atoms with Crippen molar-refractivity contribution in [1.29, 1.82) is 0 Å². The van der Waals surface area contributed by atoms with Gasteiger partial charge in [0.1, 0.15) is 0 Å². The number of ketones is 2. The fraction of sp³-hybridized carbons (Fsp3) is 0.364. The number of fused-ring (bicyclic) bond motifs is 2. The molecule has 0 aromatic heterocycles. The molecule has 0 heterocycles. The first-order chi connectivity index (χ1) is 12.2. The van der Waals surface area contributed by atoms with Crippen LogP contribution in [-0.4, -0.2) is 17.6 Å². The predicted octanol–water partition coefficient (Wildman–Crippen LogP) is 4.84. The summed E-state index contributed by atoms with van der Waals surface area (Å²) in [4.78, 5) is 25.9. The Morgan fingerprint density at radius 3 is 2.20 bits per heavy atom. The Kier molecular flexibility index (Phi) is 4.16. The van der Waals surface area contributed by atoms with Gasteiger partial charge in [0.25, 0.3) is 0 Å². The second kappa shape index (κ2) is 6.47. The molecule has 1 atom stereocenters. The van der Waals surface area contributed by atoms with E-state index in [1.165, 1.54) is 32.1 Å². The van der Waals surface area contributed by atoms with Crippen molar-refractivity contribution in [3.63, 3.8) is 0 Å². The molecule has 2 aliphatic rings. The summed E-state index contributed by atoms with van der Waals surface area (Å²) in [6.45, 7) is 2.19. The number of benzene rings is 2. The maximum Gasteiger partial charge on any atom is 0.196 e. The molecule has 3 nitrogen and oxygen atoms in total. The van der Waals surface area contributed by atoms with Gasteiger partial charge in [-0.15, -0.1) is 0 Å². The first-order valence-electron chi connectivity index (χ1n) is 9.25. The molecule has 1 saturated carbocycles. The number of nitrogens with one attached hydrogen (secondary N) is 1. The third-order valence-electron chi connectivity index (χ3n) is 5.69. The lowest BCUT2D eigenvalue weighted by molar-refractivity contribution is 0.0979. The Hall–Kier alpha value is -2.42. The van der Waals surface area contributed by atoms with Crippen molar-refractivity contribution in [3.8, 4) is 0 Å². The molecule has 3 heteroatoms. The van der Waals surface area contributed by atoms with Crippen molar-refractivity contribution in [2.24, 2.45) is 5.92 Å². The monoisotopic (exact) mass is 333 g/mol. The topological polar surface area (TPSA) is 46.2 Å². The third kappa shape index (κ3) is 2.78. The zero-order valence-electron chi connectivity index (χ0n) is 14.5. The molecule has 1 fully saturated rings. The van der Waals surface area contributed by atoms with Crippen molar-refractivity contribution in [1.82, 2.24) is 0 Å². The largest absolute Gasteiger partial charge is 0.382 e. The highest BCUT2D eigenvalue weighted by atomic mass is 16.1. The van der Waals surface area contributed by atoms with Crippen LogP contribution in [0.3, 0.4) is 0 Å². The average molecular weight is 333 g/mol. The molecule has 0 aliphatic heterocycles. The van der Waals surface area contributed by atoms with Crippen LogP contribution in [0.5, 0.6) is 0 Å². The van der Waals surface area contributed by atoms with Crippen LogP contribution in [0.25, 0.3) is 0 Å². The quantitative estimate of drug-likeness (QED) is 0.746. The van der Waals surface area contributed by atoms with E-state index in [9.17, 15) is 9.59 Å². The zero-order chi connectivity index (χ0) is 17.4. The van der Waals surface area contributed by atoms with Crippen LogP contribution >= 0.6 is 0 Å². The molecule has 1 N–H and O–H groups in total. The lowest BCUT2D eigenvalue weighted by atomic mass is 9.82. The van der Waals surface area contributed by atoms with E-state index in [1.54, 1.807) is 18.2 Å². The van der Waals surface area contributed by atoms with Gasteiger partial charge in [0.15, 0.2) is 11.6 Å². The number of carbonyl (C=O) groups excluding carboxylic acids is 2. The minimum Gasteiger partial charge on any atom is -0.382 e. The zero-order valence-corrected chi connectivity index (χ0v) is 14.5. The second-order valence-corrected chi connectivity index (χ2v) is 7.26. The molecule has 0 unspecified atom stereocenters. The molecular weight excluding hydrogens is 310 g/mol. The maximum atomic E-state index is 13.0. The van der Waals surface area contributed by atoms with Gasteiger partial charge < -0.3 is 5.32 Å². The molecule has 2 aliphatic carbocycles. The molecule has 0 spiro atoms. The van der Waals surface area contributed by atoms with Crippen molar-refractivity contribution in [2.45, 2.75) is 45.1 Å². The smallest absolute Gasteiger partial charge is 0.196 e. The molecule has 0 radical (unpaired) electrons. The molecule has 2 aromatic rings. The van der Waals surface area contributed by atoms with Crippen LogP contribution in [0.15, 0.2) is 42.5 Å². The lowest BCUT2D eigenvalue weighted by Crippen LogP contribution is -2.30. The number of carbonyl (C=O) groups is 2. The van der Waals surface area contributed by atoms with E-state index < -0.39 is 0 Å². The SMILES string of the molecule is C[C@@H](Nc1cccc2c1C(=O)c1ccccc1C2=O)C1CCCCC1. The number of rotatable bonds is 3. The highest BCUT2D eigenvalue weighted by molar-refractivity contribution is 6.30. The molecule has 25 heavy (non-hydrogen) atoms. The Bertz CT molecular complexity index is 834. The van der Waals surface area contributed by atoms with Crippen LogP contribution < -0.4 is 5.32 Å². The highest BCUT2D eigenvalue weighted by Crippen LogP contribution is 2.34. The fourth-order valence-corrected chi connectivity index (χ4v) is 4.26. The molecule has 0 amide bonds. The minimum absolute atomic E-state index is 0.0517. The van der Waals surface area contributed by atoms with Gasteiger partial charge in [-0.1, -0.05) is 55.7 Å². The summed E-state index contributed by atoms with van der Waals surface area (Å²) in [6.07, 6.45) is 6.37. The number of hydrogen-bond acceptors (Lipinski definition) is 3. The first kappa shape index (κ1) is 16.1. The summed E-state index contributed by atoms with van der Waals surface area (Å²) < 4.78 is 0. The molecule has 0 bridgehead atoms. The number of anilines is 1. The van der Waals surface area contributed by atoms with Crippen LogP contribution in [0.1, 0.15) is 70.9 Å². The molecule has 4 rings (SSSR count).